The van der Waals surface area contributed by atoms with Crippen molar-refractivity contribution in [2.75, 3.05) is 12.4 Å². The SMILES string of the molecule is CC(O)C(=O)OCC(S)CS. The molecule has 0 aromatic carbocycles. The molecule has 0 aliphatic heterocycles. The van der Waals surface area contributed by atoms with Crippen molar-refractivity contribution in [3.63, 3.8) is 0 Å². The molecule has 0 aromatic rings. The second-order valence-electron chi connectivity index (χ2n) is 2.14. The van der Waals surface area contributed by atoms with E-state index in [0.29, 0.717) is 5.75 Å². The van der Waals surface area contributed by atoms with Crippen LogP contribution in [0.15, 0.2) is 0 Å². The lowest BCUT2D eigenvalue weighted by molar-refractivity contribution is -0.152. The van der Waals surface area contributed by atoms with E-state index in [1.54, 1.807) is 0 Å². The smallest absolute Gasteiger partial charge is 0.334 e. The molecular formula is C6H12O3S2. The lowest BCUT2D eigenvalue weighted by Crippen LogP contribution is -2.23. The Morgan fingerprint density at radius 2 is 2.27 bits per heavy atom. The van der Waals surface area contributed by atoms with E-state index < -0.39 is 12.1 Å². The first-order valence-corrected chi connectivity index (χ1v) is 4.36. The first kappa shape index (κ1) is 11.1. The van der Waals surface area contributed by atoms with Gasteiger partial charge in [0.1, 0.15) is 12.7 Å². The average Bonchev–Trinajstić information content (AvgIpc) is 1.99. The summed E-state index contributed by atoms with van der Waals surface area (Å²) in [6, 6.07) is 0. The molecule has 5 heteroatoms. The van der Waals surface area contributed by atoms with Crippen molar-refractivity contribution in [1.82, 2.24) is 0 Å². The molecule has 0 spiro atoms. The van der Waals surface area contributed by atoms with Crippen LogP contribution in [0, 0.1) is 0 Å². The van der Waals surface area contributed by atoms with Gasteiger partial charge in [-0.25, -0.2) is 4.79 Å². The highest BCUT2D eigenvalue weighted by Crippen LogP contribution is 1.99. The van der Waals surface area contributed by atoms with Crippen molar-refractivity contribution in [2.24, 2.45) is 0 Å². The Morgan fingerprint density at radius 1 is 1.73 bits per heavy atom. The van der Waals surface area contributed by atoms with Gasteiger partial charge in [-0.15, -0.1) is 0 Å². The third-order valence-corrected chi connectivity index (χ3v) is 2.03. The van der Waals surface area contributed by atoms with Gasteiger partial charge in [0.15, 0.2) is 0 Å². The first-order valence-electron chi connectivity index (χ1n) is 3.21. The standard InChI is InChI=1S/C6H12O3S2/c1-4(7)6(8)9-2-5(11)3-10/h4-5,7,10-11H,2-3H2,1H3. The Balaban J connectivity index is 3.46. The Kier molecular flexibility index (Phi) is 5.81. The second kappa shape index (κ2) is 5.74. The summed E-state index contributed by atoms with van der Waals surface area (Å²) in [6.07, 6.45) is -1.06. The molecule has 0 aliphatic rings. The van der Waals surface area contributed by atoms with E-state index in [9.17, 15) is 4.79 Å². The number of aliphatic hydroxyl groups is 1. The fraction of sp³-hybridized carbons (Fsp3) is 0.833. The van der Waals surface area contributed by atoms with Crippen LogP contribution in [0.2, 0.25) is 0 Å². The summed E-state index contributed by atoms with van der Waals surface area (Å²) < 4.78 is 4.64. The number of hydrogen-bond donors (Lipinski definition) is 3. The quantitative estimate of drug-likeness (QED) is 0.443. The van der Waals surface area contributed by atoms with E-state index in [4.69, 9.17) is 5.11 Å². The first-order chi connectivity index (χ1) is 5.07. The third kappa shape index (κ3) is 5.41. The maximum Gasteiger partial charge on any atom is 0.334 e. The van der Waals surface area contributed by atoms with E-state index in [-0.39, 0.29) is 11.9 Å². The third-order valence-electron chi connectivity index (χ3n) is 0.970. The van der Waals surface area contributed by atoms with E-state index in [1.807, 2.05) is 0 Å². The normalized spacial score (nSPS) is 15.6. The minimum Gasteiger partial charge on any atom is -0.463 e. The molecule has 0 bridgehead atoms. The zero-order valence-corrected chi connectivity index (χ0v) is 8.02. The molecule has 0 rings (SSSR count). The Labute approximate surface area is 76.9 Å². The monoisotopic (exact) mass is 196 g/mol. The van der Waals surface area contributed by atoms with Crippen LogP contribution in [0.25, 0.3) is 0 Å². The number of ether oxygens (including phenoxy) is 1. The van der Waals surface area contributed by atoms with Crippen molar-refractivity contribution >= 4 is 31.2 Å². The molecule has 0 saturated heterocycles. The van der Waals surface area contributed by atoms with E-state index >= 15 is 0 Å². The van der Waals surface area contributed by atoms with Crippen molar-refractivity contribution in [1.29, 1.82) is 0 Å². The second-order valence-corrected chi connectivity index (χ2v) is 3.24. The van der Waals surface area contributed by atoms with Crippen LogP contribution in [0.5, 0.6) is 0 Å². The summed E-state index contributed by atoms with van der Waals surface area (Å²) in [6.45, 7) is 1.55. The lowest BCUT2D eigenvalue weighted by Gasteiger charge is -2.09. The van der Waals surface area contributed by atoms with Crippen LogP contribution in [0.3, 0.4) is 0 Å². The molecule has 0 aliphatic carbocycles. The van der Waals surface area contributed by atoms with Gasteiger partial charge in [-0.2, -0.15) is 25.3 Å². The minimum atomic E-state index is -1.06. The number of hydrogen-bond acceptors (Lipinski definition) is 5. The van der Waals surface area contributed by atoms with Crippen molar-refractivity contribution in [3.05, 3.63) is 0 Å². The number of aliphatic hydroxyl groups excluding tert-OH is 1. The van der Waals surface area contributed by atoms with Crippen LogP contribution in [0.1, 0.15) is 6.92 Å². The summed E-state index contributed by atoms with van der Waals surface area (Å²) in [4.78, 5) is 10.6. The number of carbonyl (C=O) groups is 1. The molecule has 0 heterocycles. The summed E-state index contributed by atoms with van der Waals surface area (Å²) in [5, 5.41) is 8.62. The zero-order valence-electron chi connectivity index (χ0n) is 6.23. The van der Waals surface area contributed by atoms with E-state index in [0.717, 1.165) is 0 Å². The van der Waals surface area contributed by atoms with Gasteiger partial charge in [0.25, 0.3) is 0 Å². The van der Waals surface area contributed by atoms with E-state index in [1.165, 1.54) is 6.92 Å². The van der Waals surface area contributed by atoms with E-state index in [2.05, 4.69) is 30.0 Å². The van der Waals surface area contributed by atoms with Gasteiger partial charge >= 0.3 is 5.97 Å². The lowest BCUT2D eigenvalue weighted by atomic mass is 10.4. The summed E-state index contributed by atoms with van der Waals surface area (Å²) >= 11 is 7.98. The van der Waals surface area contributed by atoms with Crippen LogP contribution in [-0.4, -0.2) is 34.8 Å². The van der Waals surface area contributed by atoms with Crippen LogP contribution >= 0.6 is 25.3 Å². The maximum absolute atomic E-state index is 10.6. The molecule has 2 atom stereocenters. The van der Waals surface area contributed by atoms with Crippen molar-refractivity contribution in [2.45, 2.75) is 18.3 Å². The predicted molar refractivity (Wildman–Crippen MR) is 49.3 cm³/mol. The topological polar surface area (TPSA) is 46.5 Å². The largest absolute Gasteiger partial charge is 0.463 e. The van der Waals surface area contributed by atoms with Crippen LogP contribution < -0.4 is 0 Å². The molecule has 11 heavy (non-hydrogen) atoms. The molecule has 2 unspecified atom stereocenters. The summed E-state index contributed by atoms with van der Waals surface area (Å²) in [5.74, 6) is -0.0817. The minimum absolute atomic E-state index is 0.0685. The number of carbonyl (C=O) groups excluding carboxylic acids is 1. The number of thiol groups is 2. The van der Waals surface area contributed by atoms with Crippen molar-refractivity contribution in [3.8, 4) is 0 Å². The average molecular weight is 196 g/mol. The Hall–Kier alpha value is 0.130. The molecule has 0 fully saturated rings. The fourth-order valence-corrected chi connectivity index (χ4v) is 0.532. The molecule has 3 nitrogen and oxygen atoms in total. The Bertz CT molecular complexity index is 127. The molecule has 0 aromatic heterocycles. The number of esters is 1. The molecule has 0 amide bonds. The van der Waals surface area contributed by atoms with Gasteiger partial charge in [-0.1, -0.05) is 0 Å². The molecule has 0 saturated carbocycles. The molecule has 0 radical (unpaired) electrons. The summed E-state index contributed by atoms with van der Waals surface area (Å²) in [5.41, 5.74) is 0. The van der Waals surface area contributed by atoms with Gasteiger partial charge in [0.05, 0.1) is 0 Å². The van der Waals surface area contributed by atoms with Crippen LogP contribution in [-0.2, 0) is 9.53 Å². The van der Waals surface area contributed by atoms with Gasteiger partial charge in [-0.3, -0.25) is 0 Å². The molecule has 66 valence electrons. The number of rotatable bonds is 4. The van der Waals surface area contributed by atoms with Crippen LogP contribution in [0.4, 0.5) is 0 Å². The van der Waals surface area contributed by atoms with Gasteiger partial charge < -0.3 is 9.84 Å². The molecule has 1 N–H and O–H groups in total. The maximum atomic E-state index is 10.6. The van der Waals surface area contributed by atoms with Crippen molar-refractivity contribution < 1.29 is 14.6 Å². The fourth-order valence-electron chi connectivity index (χ4n) is 0.352. The highest BCUT2D eigenvalue weighted by molar-refractivity contribution is 7.84. The van der Waals surface area contributed by atoms with Gasteiger partial charge in [0, 0.05) is 11.0 Å². The predicted octanol–water partition coefficient (Wildman–Crippen LogP) is 0.139. The van der Waals surface area contributed by atoms with Gasteiger partial charge in [-0.05, 0) is 6.92 Å². The zero-order chi connectivity index (χ0) is 8.85. The highest BCUT2D eigenvalue weighted by Gasteiger charge is 2.11. The Morgan fingerprint density at radius 3 is 2.64 bits per heavy atom. The summed E-state index contributed by atoms with van der Waals surface area (Å²) in [7, 11) is 0. The molecular weight excluding hydrogens is 184 g/mol. The van der Waals surface area contributed by atoms with Gasteiger partial charge in [0.2, 0.25) is 0 Å². The highest BCUT2D eigenvalue weighted by atomic mass is 32.1.